The summed E-state index contributed by atoms with van der Waals surface area (Å²) in [5.41, 5.74) is -1.15. The summed E-state index contributed by atoms with van der Waals surface area (Å²) in [4.78, 5) is 10.7. The van der Waals surface area contributed by atoms with Crippen LogP contribution in [-0.2, 0) is 14.6 Å². The molecular formula is C19H28F3NO5S. The first-order chi connectivity index (χ1) is 13.3. The number of rotatable bonds is 11. The van der Waals surface area contributed by atoms with E-state index >= 15 is 0 Å². The molecule has 0 saturated carbocycles. The summed E-state index contributed by atoms with van der Waals surface area (Å²) < 4.78 is 62.0. The molecule has 3 N–H and O–H groups in total. The smallest absolute Gasteiger partial charge is 0.389 e. The van der Waals surface area contributed by atoms with Crippen molar-refractivity contribution in [1.29, 1.82) is 0 Å². The second kappa shape index (κ2) is 10.4. The van der Waals surface area contributed by atoms with Crippen molar-refractivity contribution in [2.24, 2.45) is 0 Å². The molecule has 1 amide bonds. The Bertz CT molecular complexity index is 774. The number of hydrogen-bond donors (Lipinski definition) is 3. The third-order valence-corrected chi connectivity index (χ3v) is 6.34. The number of aliphatic hydroxyl groups excluding tert-OH is 1. The van der Waals surface area contributed by atoms with E-state index in [-0.39, 0.29) is 16.9 Å². The molecule has 1 rings (SSSR count). The van der Waals surface area contributed by atoms with Crippen LogP contribution in [0.5, 0.6) is 0 Å². The van der Waals surface area contributed by atoms with E-state index in [0.29, 0.717) is 25.7 Å². The largest absolute Gasteiger partial charge is 0.471 e. The summed E-state index contributed by atoms with van der Waals surface area (Å²) in [6.45, 7) is 3.27. The predicted molar refractivity (Wildman–Crippen MR) is 102 cm³/mol. The van der Waals surface area contributed by atoms with Gasteiger partial charge in [0.15, 0.2) is 9.84 Å². The van der Waals surface area contributed by atoms with E-state index < -0.39 is 45.9 Å². The van der Waals surface area contributed by atoms with Crippen molar-refractivity contribution in [2.75, 3.05) is 12.3 Å². The summed E-state index contributed by atoms with van der Waals surface area (Å²) in [7, 11) is -3.85. The number of sulfone groups is 1. The van der Waals surface area contributed by atoms with Crippen molar-refractivity contribution in [2.45, 2.75) is 68.7 Å². The molecule has 1 aromatic carbocycles. The normalized spacial score (nSPS) is 13.9. The van der Waals surface area contributed by atoms with Gasteiger partial charge in [-0.25, -0.2) is 8.42 Å². The second-order valence-electron chi connectivity index (χ2n) is 7.11. The molecule has 1 aromatic rings. The number of carbonyl (C=O) groups is 1. The summed E-state index contributed by atoms with van der Waals surface area (Å²) in [5.74, 6) is -2.56. The molecule has 0 aliphatic heterocycles. The molecule has 29 heavy (non-hydrogen) atoms. The van der Waals surface area contributed by atoms with Gasteiger partial charge in [-0.1, -0.05) is 38.8 Å². The molecule has 0 radical (unpaired) electrons. The highest BCUT2D eigenvalue weighted by molar-refractivity contribution is 7.91. The SMILES string of the molecule is CCCC(O)(CCC)CS(=O)(=O)c1cccc(C(O)CCNC(=O)C(F)(F)F)c1. The fourth-order valence-electron chi connectivity index (χ4n) is 3.14. The highest BCUT2D eigenvalue weighted by Crippen LogP contribution is 2.27. The number of benzene rings is 1. The Morgan fingerprint density at radius 1 is 1.17 bits per heavy atom. The molecular weight excluding hydrogens is 411 g/mol. The molecule has 0 spiro atoms. The standard InChI is InChI=1S/C19H28F3NO5S/c1-3-9-18(26,10-4-2)13-29(27,28)15-7-5-6-14(12-15)16(24)8-11-23-17(25)19(20,21)22/h5-7,12,16,24,26H,3-4,8-11,13H2,1-2H3,(H,23,25). The Morgan fingerprint density at radius 3 is 2.28 bits per heavy atom. The Kier molecular flexibility index (Phi) is 9.10. The summed E-state index contributed by atoms with van der Waals surface area (Å²) in [6, 6.07) is 5.44. The average Bonchev–Trinajstić information content (AvgIpc) is 2.60. The molecule has 0 aliphatic carbocycles. The fraction of sp³-hybridized carbons (Fsp3) is 0.632. The molecule has 1 unspecified atom stereocenters. The highest BCUT2D eigenvalue weighted by Gasteiger charge is 2.38. The minimum Gasteiger partial charge on any atom is -0.389 e. The van der Waals surface area contributed by atoms with Gasteiger partial charge in [-0.3, -0.25) is 4.79 Å². The molecule has 0 heterocycles. The van der Waals surface area contributed by atoms with E-state index in [4.69, 9.17) is 0 Å². The average molecular weight is 439 g/mol. The first-order valence-corrected chi connectivity index (χ1v) is 11.1. The van der Waals surface area contributed by atoms with Crippen LogP contribution < -0.4 is 5.32 Å². The maximum Gasteiger partial charge on any atom is 0.471 e. The number of alkyl halides is 3. The maximum atomic E-state index is 12.8. The zero-order valence-corrected chi connectivity index (χ0v) is 17.3. The van der Waals surface area contributed by atoms with Crippen molar-refractivity contribution in [3.63, 3.8) is 0 Å². The van der Waals surface area contributed by atoms with Gasteiger partial charge in [0, 0.05) is 6.54 Å². The summed E-state index contributed by atoms with van der Waals surface area (Å²) in [5, 5.41) is 22.5. The van der Waals surface area contributed by atoms with Crippen LogP contribution in [0.1, 0.15) is 57.6 Å². The minimum atomic E-state index is -5.01. The lowest BCUT2D eigenvalue weighted by Gasteiger charge is -2.27. The van der Waals surface area contributed by atoms with Gasteiger partial charge in [-0.15, -0.1) is 0 Å². The Morgan fingerprint density at radius 2 is 1.76 bits per heavy atom. The van der Waals surface area contributed by atoms with Crippen molar-refractivity contribution in [3.8, 4) is 0 Å². The Labute approximate surface area is 169 Å². The Hall–Kier alpha value is -1.65. The molecule has 0 saturated heterocycles. The van der Waals surface area contributed by atoms with Crippen LogP contribution in [0.2, 0.25) is 0 Å². The monoisotopic (exact) mass is 439 g/mol. The molecule has 6 nitrogen and oxygen atoms in total. The van der Waals surface area contributed by atoms with Gasteiger partial charge < -0.3 is 15.5 Å². The third-order valence-electron chi connectivity index (χ3n) is 4.45. The van der Waals surface area contributed by atoms with Crippen molar-refractivity contribution in [1.82, 2.24) is 5.32 Å². The van der Waals surface area contributed by atoms with Gasteiger partial charge in [0.2, 0.25) is 0 Å². The van der Waals surface area contributed by atoms with Crippen LogP contribution in [0.4, 0.5) is 13.2 Å². The van der Waals surface area contributed by atoms with E-state index in [9.17, 15) is 36.6 Å². The van der Waals surface area contributed by atoms with Gasteiger partial charge in [0.25, 0.3) is 0 Å². The van der Waals surface area contributed by atoms with E-state index in [1.54, 1.807) is 5.32 Å². The number of halogens is 3. The van der Waals surface area contributed by atoms with Gasteiger partial charge in [0.05, 0.1) is 22.4 Å². The summed E-state index contributed by atoms with van der Waals surface area (Å²) >= 11 is 0. The van der Waals surface area contributed by atoms with Crippen LogP contribution in [0.25, 0.3) is 0 Å². The number of aliphatic hydroxyl groups is 2. The zero-order chi connectivity index (χ0) is 22.3. The van der Waals surface area contributed by atoms with Crippen LogP contribution in [-0.4, -0.2) is 48.6 Å². The molecule has 0 fully saturated rings. The first-order valence-electron chi connectivity index (χ1n) is 9.43. The maximum absolute atomic E-state index is 12.8. The second-order valence-corrected chi connectivity index (χ2v) is 9.10. The summed E-state index contributed by atoms with van der Waals surface area (Å²) in [6.07, 6.45) is -4.58. The number of nitrogens with one attached hydrogen (secondary N) is 1. The number of amides is 1. The molecule has 0 bridgehead atoms. The lowest BCUT2D eigenvalue weighted by atomic mass is 9.95. The van der Waals surface area contributed by atoms with Gasteiger partial charge in [-0.05, 0) is 37.0 Å². The van der Waals surface area contributed by atoms with Gasteiger partial charge in [0.1, 0.15) is 0 Å². The minimum absolute atomic E-state index is 0.0843. The van der Waals surface area contributed by atoms with Crippen LogP contribution in [0.15, 0.2) is 29.2 Å². The van der Waals surface area contributed by atoms with Crippen molar-refractivity contribution >= 4 is 15.7 Å². The highest BCUT2D eigenvalue weighted by atomic mass is 32.2. The number of hydrogen-bond acceptors (Lipinski definition) is 5. The van der Waals surface area contributed by atoms with Crippen LogP contribution in [0.3, 0.4) is 0 Å². The Balaban J connectivity index is 2.88. The lowest BCUT2D eigenvalue weighted by molar-refractivity contribution is -0.173. The van der Waals surface area contributed by atoms with Gasteiger partial charge in [-0.2, -0.15) is 13.2 Å². The van der Waals surface area contributed by atoms with E-state index in [0.717, 1.165) is 0 Å². The molecule has 10 heteroatoms. The molecule has 166 valence electrons. The van der Waals surface area contributed by atoms with Gasteiger partial charge >= 0.3 is 12.1 Å². The molecule has 0 aromatic heterocycles. The van der Waals surface area contributed by atoms with Crippen LogP contribution >= 0.6 is 0 Å². The predicted octanol–water partition coefficient (Wildman–Crippen LogP) is 2.89. The van der Waals surface area contributed by atoms with Crippen LogP contribution in [0, 0.1) is 0 Å². The van der Waals surface area contributed by atoms with Crippen molar-refractivity contribution < 1.29 is 36.6 Å². The van der Waals surface area contributed by atoms with E-state index in [1.807, 2.05) is 13.8 Å². The van der Waals surface area contributed by atoms with E-state index in [2.05, 4.69) is 0 Å². The quantitative estimate of drug-likeness (QED) is 0.492. The van der Waals surface area contributed by atoms with E-state index in [1.165, 1.54) is 24.3 Å². The van der Waals surface area contributed by atoms with Crippen molar-refractivity contribution in [3.05, 3.63) is 29.8 Å². The third kappa shape index (κ3) is 7.94. The molecule has 1 atom stereocenters. The number of carbonyl (C=O) groups excluding carboxylic acids is 1. The zero-order valence-electron chi connectivity index (χ0n) is 16.5. The topological polar surface area (TPSA) is 104 Å². The first kappa shape index (κ1) is 25.4. The lowest BCUT2D eigenvalue weighted by Crippen LogP contribution is -2.37. The fourth-order valence-corrected chi connectivity index (χ4v) is 4.91. The molecule has 0 aliphatic rings.